The van der Waals surface area contributed by atoms with E-state index in [2.05, 4.69) is 0 Å². The highest BCUT2D eigenvalue weighted by Crippen LogP contribution is 2.19. The second-order valence-electron chi connectivity index (χ2n) is 4.48. The van der Waals surface area contributed by atoms with Gasteiger partial charge in [0.25, 0.3) is 0 Å². The van der Waals surface area contributed by atoms with Crippen LogP contribution in [-0.2, 0) is 10.0 Å². The summed E-state index contributed by atoms with van der Waals surface area (Å²) < 4.78 is 25.6. The van der Waals surface area contributed by atoms with E-state index in [0.717, 1.165) is 13.0 Å². The Morgan fingerprint density at radius 3 is 2.39 bits per heavy atom. The van der Waals surface area contributed by atoms with Gasteiger partial charge >= 0.3 is 0 Å². The molecule has 0 radical (unpaired) electrons. The van der Waals surface area contributed by atoms with Gasteiger partial charge in [0.05, 0.1) is 4.90 Å². The van der Waals surface area contributed by atoms with Crippen molar-refractivity contribution in [3.05, 3.63) is 24.3 Å². The molecule has 1 aromatic rings. The third-order valence-corrected chi connectivity index (χ3v) is 4.46. The van der Waals surface area contributed by atoms with Gasteiger partial charge in [0, 0.05) is 13.6 Å². The number of rotatable bonds is 6. The number of hydrogen-bond acceptors (Lipinski definition) is 4. The van der Waals surface area contributed by atoms with E-state index in [1.165, 1.54) is 28.6 Å². The molecule has 0 aliphatic rings. The van der Waals surface area contributed by atoms with E-state index in [-0.39, 0.29) is 10.6 Å². The van der Waals surface area contributed by atoms with Crippen molar-refractivity contribution < 1.29 is 13.5 Å². The molecule has 1 aromatic carbocycles. The van der Waals surface area contributed by atoms with Crippen molar-refractivity contribution in [3.8, 4) is 5.75 Å². The van der Waals surface area contributed by atoms with Crippen molar-refractivity contribution in [2.45, 2.75) is 11.3 Å². The minimum Gasteiger partial charge on any atom is -0.508 e. The van der Waals surface area contributed by atoms with Crippen LogP contribution in [0.2, 0.25) is 0 Å². The minimum absolute atomic E-state index is 0.0437. The predicted octanol–water partition coefficient (Wildman–Crippen LogP) is 0.964. The lowest BCUT2D eigenvalue weighted by atomic mass is 10.3. The highest BCUT2D eigenvalue weighted by atomic mass is 32.2. The molecule has 0 aliphatic carbocycles. The lowest BCUT2D eigenvalue weighted by molar-refractivity contribution is 0.370. The monoisotopic (exact) mass is 272 g/mol. The van der Waals surface area contributed by atoms with Crippen LogP contribution in [0, 0.1) is 0 Å². The maximum absolute atomic E-state index is 12.2. The third-order valence-electron chi connectivity index (χ3n) is 2.60. The summed E-state index contributed by atoms with van der Waals surface area (Å²) in [7, 11) is 1.94. The highest BCUT2D eigenvalue weighted by molar-refractivity contribution is 7.89. The first-order chi connectivity index (χ1) is 8.34. The molecule has 0 fully saturated rings. The molecule has 18 heavy (non-hydrogen) atoms. The molecule has 0 atom stereocenters. The van der Waals surface area contributed by atoms with Gasteiger partial charge in [-0.1, -0.05) is 6.07 Å². The molecule has 102 valence electrons. The number of benzene rings is 1. The first-order valence-electron chi connectivity index (χ1n) is 5.74. The molecule has 0 aliphatic heterocycles. The first-order valence-corrected chi connectivity index (χ1v) is 7.18. The molecule has 1 rings (SSSR count). The molecule has 0 bridgehead atoms. The number of phenolic OH excluding ortho intramolecular Hbond substituents is 1. The molecule has 0 amide bonds. The fourth-order valence-corrected chi connectivity index (χ4v) is 2.80. The second kappa shape index (κ2) is 6.17. The van der Waals surface area contributed by atoms with Crippen LogP contribution in [0.15, 0.2) is 29.2 Å². The van der Waals surface area contributed by atoms with E-state index in [9.17, 15) is 13.5 Å². The van der Waals surface area contributed by atoms with Crippen LogP contribution in [0.5, 0.6) is 5.75 Å². The van der Waals surface area contributed by atoms with Crippen LogP contribution in [0.25, 0.3) is 0 Å². The summed E-state index contributed by atoms with van der Waals surface area (Å²) >= 11 is 0. The van der Waals surface area contributed by atoms with E-state index in [4.69, 9.17) is 0 Å². The van der Waals surface area contributed by atoms with Crippen molar-refractivity contribution in [3.63, 3.8) is 0 Å². The Morgan fingerprint density at radius 2 is 1.83 bits per heavy atom. The Balaban J connectivity index is 2.74. The predicted molar refractivity (Wildman–Crippen MR) is 71.1 cm³/mol. The quantitative estimate of drug-likeness (QED) is 0.838. The van der Waals surface area contributed by atoms with E-state index < -0.39 is 10.0 Å². The van der Waals surface area contributed by atoms with E-state index in [1.54, 1.807) is 7.05 Å². The molecule has 1 N–H and O–H groups in total. The number of hydrogen-bond donors (Lipinski definition) is 1. The maximum Gasteiger partial charge on any atom is 0.242 e. The van der Waals surface area contributed by atoms with Crippen LogP contribution >= 0.6 is 0 Å². The summed E-state index contributed by atoms with van der Waals surface area (Å²) in [6, 6.07) is 5.72. The zero-order valence-electron chi connectivity index (χ0n) is 11.0. The molecule has 0 saturated heterocycles. The zero-order chi connectivity index (χ0) is 13.8. The van der Waals surface area contributed by atoms with Gasteiger partial charge in [-0.25, -0.2) is 12.7 Å². The van der Waals surface area contributed by atoms with E-state index in [0.29, 0.717) is 6.54 Å². The van der Waals surface area contributed by atoms with Crippen LogP contribution in [0.1, 0.15) is 6.42 Å². The summed E-state index contributed by atoms with van der Waals surface area (Å²) in [4.78, 5) is 2.13. The topological polar surface area (TPSA) is 60.9 Å². The van der Waals surface area contributed by atoms with Crippen molar-refractivity contribution in [2.24, 2.45) is 0 Å². The average molecular weight is 272 g/mol. The first kappa shape index (κ1) is 14.9. The molecule has 6 heteroatoms. The van der Waals surface area contributed by atoms with E-state index in [1.807, 2.05) is 19.0 Å². The summed E-state index contributed by atoms with van der Waals surface area (Å²) in [5.41, 5.74) is 0. The van der Waals surface area contributed by atoms with Gasteiger partial charge in [-0.2, -0.15) is 0 Å². The van der Waals surface area contributed by atoms with Crippen molar-refractivity contribution in [1.82, 2.24) is 9.21 Å². The molecule has 0 aromatic heterocycles. The molecule has 0 unspecified atom stereocenters. The Kier molecular flexibility index (Phi) is 5.13. The summed E-state index contributed by atoms with van der Waals surface area (Å²) in [5.74, 6) is -0.0437. The van der Waals surface area contributed by atoms with Crippen LogP contribution in [0.4, 0.5) is 0 Å². The Hall–Kier alpha value is -1.11. The fraction of sp³-hybridized carbons (Fsp3) is 0.500. The Morgan fingerprint density at radius 1 is 1.17 bits per heavy atom. The number of nitrogens with zero attached hydrogens (tertiary/aromatic N) is 2. The van der Waals surface area contributed by atoms with Crippen molar-refractivity contribution >= 4 is 10.0 Å². The van der Waals surface area contributed by atoms with Gasteiger partial charge in [-0.05, 0) is 45.3 Å². The minimum atomic E-state index is -3.50. The fourth-order valence-electron chi connectivity index (χ4n) is 1.55. The van der Waals surface area contributed by atoms with Gasteiger partial charge in [-0.15, -0.1) is 0 Å². The molecule has 5 nitrogen and oxygen atoms in total. The van der Waals surface area contributed by atoms with Crippen LogP contribution in [0.3, 0.4) is 0 Å². The largest absolute Gasteiger partial charge is 0.508 e. The van der Waals surface area contributed by atoms with Gasteiger partial charge in [0.15, 0.2) is 0 Å². The normalized spacial score (nSPS) is 12.3. The maximum atomic E-state index is 12.2. The third kappa shape index (κ3) is 3.97. The average Bonchev–Trinajstić information content (AvgIpc) is 2.28. The SMILES string of the molecule is CN(C)CCCN(C)S(=O)(=O)c1cccc(O)c1. The summed E-state index contributed by atoms with van der Waals surface area (Å²) in [6.07, 6.45) is 0.765. The van der Waals surface area contributed by atoms with Crippen molar-refractivity contribution in [1.29, 1.82) is 0 Å². The summed E-state index contributed by atoms with van der Waals surface area (Å²) in [6.45, 7) is 1.29. The standard InChI is InChI=1S/C12H20N2O3S/c1-13(2)8-5-9-14(3)18(16,17)12-7-4-6-11(15)10-12/h4,6-7,10,15H,5,8-9H2,1-3H3. The molecule has 0 saturated carbocycles. The van der Waals surface area contributed by atoms with Crippen molar-refractivity contribution in [2.75, 3.05) is 34.2 Å². The molecular weight excluding hydrogens is 252 g/mol. The number of sulfonamides is 1. The van der Waals surface area contributed by atoms with Gasteiger partial charge in [-0.3, -0.25) is 0 Å². The second-order valence-corrected chi connectivity index (χ2v) is 6.53. The highest BCUT2D eigenvalue weighted by Gasteiger charge is 2.20. The van der Waals surface area contributed by atoms with E-state index >= 15 is 0 Å². The van der Waals surface area contributed by atoms with Crippen LogP contribution < -0.4 is 0 Å². The number of aromatic hydroxyl groups is 1. The van der Waals surface area contributed by atoms with Gasteiger partial charge < -0.3 is 10.0 Å². The smallest absolute Gasteiger partial charge is 0.242 e. The zero-order valence-corrected chi connectivity index (χ0v) is 11.8. The van der Waals surface area contributed by atoms with Gasteiger partial charge in [0.1, 0.15) is 5.75 Å². The summed E-state index contributed by atoms with van der Waals surface area (Å²) in [5, 5.41) is 9.32. The van der Waals surface area contributed by atoms with Crippen LogP contribution in [-0.4, -0.2) is 57.0 Å². The molecule has 0 spiro atoms. The Labute approximate surface area is 109 Å². The lowest BCUT2D eigenvalue weighted by Gasteiger charge is -2.18. The lowest BCUT2D eigenvalue weighted by Crippen LogP contribution is -2.29. The van der Waals surface area contributed by atoms with Gasteiger partial charge in [0.2, 0.25) is 10.0 Å². The Bertz CT molecular complexity index is 486. The molecule has 0 heterocycles. The molecular formula is C12H20N2O3S. The number of phenols is 1.